The molecule has 0 aliphatic rings. The van der Waals surface area contributed by atoms with Gasteiger partial charge in [-0.3, -0.25) is 0 Å². The molecule has 0 fully saturated rings. The van der Waals surface area contributed by atoms with E-state index in [9.17, 15) is 0 Å². The lowest BCUT2D eigenvalue weighted by Crippen LogP contribution is -0.482. The van der Waals surface area contributed by atoms with Gasteiger partial charge in [0, 0.05) is 8.41 Å². The van der Waals surface area contributed by atoms with Crippen LogP contribution in [0, 0.1) is 0 Å². The molecular weight excluding hydrogens is 66.8 g/mol. The van der Waals surface area contributed by atoms with Crippen molar-refractivity contribution in [2.75, 3.05) is 0 Å². The van der Waals surface area contributed by atoms with Crippen LogP contribution in [0.5, 0.6) is 0 Å². The minimum absolute atomic E-state index is 0. The molecule has 0 bridgehead atoms. The summed E-state index contributed by atoms with van der Waals surface area (Å²) in [6, 6.07) is 0. The predicted octanol–water partition coefficient (Wildman–Crippen LogP) is 0.267. The van der Waals surface area contributed by atoms with Crippen molar-refractivity contribution in [3.63, 3.8) is 0 Å². The molecule has 0 saturated heterocycles. The summed E-state index contributed by atoms with van der Waals surface area (Å²) in [5.41, 5.74) is 0. The molecule has 5 heavy (non-hydrogen) atoms. The largest absolute Gasteiger partial charge is 0.344 e. The summed E-state index contributed by atoms with van der Waals surface area (Å²) in [5, 5.41) is 0. The lowest BCUT2D eigenvalue weighted by Gasteiger charge is -0.345. The Balaban J connectivity index is 0. The van der Waals surface area contributed by atoms with Crippen molar-refractivity contribution in [3.05, 3.63) is 0 Å². The topological polar surface area (TPSA) is 140 Å². The molecule has 0 saturated carbocycles. The second kappa shape index (κ2) is 3650. The summed E-state index contributed by atoms with van der Waals surface area (Å²) < 4.78 is 0. The molecule has 0 aliphatic heterocycles. The van der Waals surface area contributed by atoms with Crippen LogP contribution in [0.3, 0.4) is 0 Å². The van der Waals surface area contributed by atoms with Gasteiger partial charge in [0.2, 0.25) is 0 Å². The van der Waals surface area contributed by atoms with Gasteiger partial charge in [-0.1, -0.05) is 0 Å². The molecule has 0 rings (SSSR count). The van der Waals surface area contributed by atoms with Crippen molar-refractivity contribution in [1.29, 1.82) is 0 Å². The molecule has 4 nitrogen and oxygen atoms in total. The van der Waals surface area contributed by atoms with E-state index in [1.54, 1.807) is 0 Å². The van der Waals surface area contributed by atoms with E-state index in [0.717, 1.165) is 0 Å². The van der Waals surface area contributed by atoms with Crippen LogP contribution >= 0.6 is 0 Å². The Morgan fingerprint density at radius 2 is 0.400 bits per heavy atom. The standard InChI is InChI=1S/B.4H3N/h;4*1H3. The first-order chi connectivity index (χ1) is 0. The molecule has 0 aliphatic carbocycles. The van der Waals surface area contributed by atoms with Crippen LogP contribution in [-0.2, 0) is 0 Å². The van der Waals surface area contributed by atoms with Gasteiger partial charge in [-0.2, -0.15) is 0 Å². The van der Waals surface area contributed by atoms with E-state index in [4.69, 9.17) is 0 Å². The second-order valence-corrected chi connectivity index (χ2v) is 0. The van der Waals surface area contributed by atoms with Gasteiger partial charge in [0.25, 0.3) is 0 Å². The van der Waals surface area contributed by atoms with E-state index in [-0.39, 0.29) is 33.0 Å². The smallest absolute Gasteiger partial charge is 0 e. The van der Waals surface area contributed by atoms with Gasteiger partial charge in [-0.05, 0) is 0 Å². The number of hydrogen-bond acceptors (Lipinski definition) is 4. The van der Waals surface area contributed by atoms with Crippen molar-refractivity contribution < 1.29 is 0 Å². The molecule has 0 aromatic rings. The number of rotatable bonds is 0. The highest BCUT2D eigenvalue weighted by molar-refractivity contribution is 5.75. The first-order valence-corrected chi connectivity index (χ1v) is 0. The Hall–Kier alpha value is -0.0951. The van der Waals surface area contributed by atoms with Crippen molar-refractivity contribution >= 4 is 8.41 Å². The van der Waals surface area contributed by atoms with Crippen molar-refractivity contribution in [1.82, 2.24) is 24.6 Å². The van der Waals surface area contributed by atoms with Crippen LogP contribution in [0.15, 0.2) is 0 Å². The maximum Gasteiger partial charge on any atom is 0 e. The Morgan fingerprint density at radius 3 is 0.400 bits per heavy atom. The zero-order valence-corrected chi connectivity index (χ0v) is 3.41. The molecule has 5 heteroatoms. The summed E-state index contributed by atoms with van der Waals surface area (Å²) in [4.78, 5) is 0. The lowest BCUT2D eigenvalue weighted by atomic mass is 10.8. The van der Waals surface area contributed by atoms with E-state index in [1.807, 2.05) is 0 Å². The summed E-state index contributed by atoms with van der Waals surface area (Å²) >= 11 is 0. The van der Waals surface area contributed by atoms with Crippen LogP contribution < -0.4 is 24.6 Å². The Morgan fingerprint density at radius 1 is 0.400 bits per heavy atom. The van der Waals surface area contributed by atoms with Gasteiger partial charge in [0.1, 0.15) is 0 Å². The van der Waals surface area contributed by atoms with Crippen molar-refractivity contribution in [3.8, 4) is 0 Å². The lowest BCUT2D eigenvalue weighted by molar-refractivity contribution is 2.13. The Bertz CT molecular complexity index is 3.61. The zero-order chi connectivity index (χ0) is 0. The number of hydrogen-bond donors (Lipinski definition) is 4. The van der Waals surface area contributed by atoms with Crippen LogP contribution in [0.2, 0.25) is 0 Å². The highest BCUT2D eigenvalue weighted by atomic mass is 14.0. The maximum atomic E-state index is 0. The van der Waals surface area contributed by atoms with Gasteiger partial charge in [0.05, 0.1) is 0 Å². The van der Waals surface area contributed by atoms with Gasteiger partial charge in [-0.25, -0.2) is 0 Å². The molecule has 35 valence electrons. The molecular formula is H12BN4. The maximum absolute atomic E-state index is 0. The van der Waals surface area contributed by atoms with Crippen molar-refractivity contribution in [2.24, 2.45) is 0 Å². The average Bonchev–Trinajstić information content (AvgIpc) is 0. The van der Waals surface area contributed by atoms with E-state index >= 15 is 0 Å². The SMILES string of the molecule is N.N.N.N.[B]. The fraction of sp³-hybridized carbons (Fsp3) is 0. The van der Waals surface area contributed by atoms with Gasteiger partial charge >= 0.3 is 0 Å². The molecule has 0 unspecified atom stereocenters. The molecule has 0 aromatic heterocycles. The highest BCUT2D eigenvalue weighted by Crippen LogP contribution is -0.381. The zero-order valence-electron chi connectivity index (χ0n) is 3.41. The Kier molecular flexibility index (Phi) is 6040000. The van der Waals surface area contributed by atoms with Crippen LogP contribution in [0.4, 0.5) is 0 Å². The third-order valence-corrected chi connectivity index (χ3v) is 0. The fourth-order valence-corrected chi connectivity index (χ4v) is 0. The second-order valence-electron chi connectivity index (χ2n) is 0. The molecule has 0 amide bonds. The normalized spacial score (nSPS) is 0. The van der Waals surface area contributed by atoms with E-state index in [2.05, 4.69) is 0 Å². The molecule has 0 spiro atoms. The summed E-state index contributed by atoms with van der Waals surface area (Å²) in [7, 11) is 0. The van der Waals surface area contributed by atoms with Gasteiger partial charge < -0.3 is 24.6 Å². The molecule has 3 radical (unpaired) electrons. The summed E-state index contributed by atoms with van der Waals surface area (Å²) in [5.74, 6) is 0. The average molecular weight is 78.9 g/mol. The summed E-state index contributed by atoms with van der Waals surface area (Å²) in [6.45, 7) is 0. The van der Waals surface area contributed by atoms with Crippen molar-refractivity contribution in [2.45, 2.75) is 0 Å². The molecule has 0 heterocycles. The third kappa shape index (κ3) is 1570. The van der Waals surface area contributed by atoms with E-state index < -0.39 is 0 Å². The molecule has 0 aromatic carbocycles. The molecule has 0 atom stereocenters. The monoisotopic (exact) mass is 79.1 g/mol. The first-order valence-electron chi connectivity index (χ1n) is 0. The van der Waals surface area contributed by atoms with Crippen LogP contribution in [0.1, 0.15) is 0 Å². The Labute approximate surface area is 34.2 Å². The van der Waals surface area contributed by atoms with Crippen LogP contribution in [0.25, 0.3) is 0 Å². The van der Waals surface area contributed by atoms with E-state index in [1.165, 1.54) is 0 Å². The van der Waals surface area contributed by atoms with Gasteiger partial charge in [-0.15, -0.1) is 0 Å². The van der Waals surface area contributed by atoms with E-state index in [0.29, 0.717) is 0 Å². The first kappa shape index (κ1) is 8280. The predicted molar refractivity (Wildman–Crippen MR) is 25.8 cm³/mol. The minimum Gasteiger partial charge on any atom is -0.344 e. The fourth-order valence-electron chi connectivity index (χ4n) is 0. The summed E-state index contributed by atoms with van der Waals surface area (Å²) in [6.07, 6.45) is 0. The van der Waals surface area contributed by atoms with Crippen LogP contribution in [-0.4, -0.2) is 8.41 Å². The quantitative estimate of drug-likeness (QED) is 0.309. The highest BCUT2D eigenvalue weighted by Gasteiger charge is 0.0000117. The molecule has 12 N–H and O–H groups in total. The minimum atomic E-state index is 0. The van der Waals surface area contributed by atoms with Gasteiger partial charge in [0.15, 0.2) is 0 Å². The third-order valence-electron chi connectivity index (χ3n) is 0.